The van der Waals surface area contributed by atoms with E-state index in [2.05, 4.69) is 20.1 Å². The zero-order valence-corrected chi connectivity index (χ0v) is 19.9. The number of piperazine rings is 1. The molecule has 4 aromatic rings. The number of carbonyl (C=O) groups is 1. The summed E-state index contributed by atoms with van der Waals surface area (Å²) in [4.78, 5) is 22.1. The minimum Gasteiger partial charge on any atom is -0.468 e. The van der Waals surface area contributed by atoms with E-state index in [9.17, 15) is 18.0 Å². The van der Waals surface area contributed by atoms with Crippen molar-refractivity contribution in [2.75, 3.05) is 36.4 Å². The number of benzene rings is 2. The van der Waals surface area contributed by atoms with Gasteiger partial charge >= 0.3 is 6.18 Å². The lowest BCUT2D eigenvalue weighted by molar-refractivity contribution is -0.137. The van der Waals surface area contributed by atoms with Crippen molar-refractivity contribution in [3.05, 3.63) is 102 Å². The van der Waals surface area contributed by atoms with Crippen LogP contribution in [0, 0.1) is 0 Å². The first-order valence-corrected chi connectivity index (χ1v) is 11.9. The Hall–Kier alpha value is -4.11. The number of hydrogen-bond donors (Lipinski definition) is 1. The zero-order valence-electron chi connectivity index (χ0n) is 19.9. The number of nitrogens with one attached hydrogen (secondary N) is 1. The second-order valence-electron chi connectivity index (χ2n) is 8.82. The van der Waals surface area contributed by atoms with Crippen LogP contribution in [-0.2, 0) is 12.7 Å². The molecule has 0 atom stereocenters. The van der Waals surface area contributed by atoms with Crippen LogP contribution in [0.25, 0.3) is 11.1 Å². The monoisotopic (exact) mass is 506 g/mol. The van der Waals surface area contributed by atoms with Crippen molar-refractivity contribution in [3.8, 4) is 11.1 Å². The van der Waals surface area contributed by atoms with Crippen LogP contribution in [0.3, 0.4) is 0 Å². The van der Waals surface area contributed by atoms with Crippen LogP contribution < -0.4 is 10.2 Å². The summed E-state index contributed by atoms with van der Waals surface area (Å²) in [7, 11) is 0. The van der Waals surface area contributed by atoms with Gasteiger partial charge in [-0.15, -0.1) is 0 Å². The molecule has 1 fully saturated rings. The minimum atomic E-state index is -4.41. The lowest BCUT2D eigenvalue weighted by Crippen LogP contribution is -2.46. The Morgan fingerprint density at radius 3 is 2.32 bits per heavy atom. The van der Waals surface area contributed by atoms with Crippen LogP contribution in [0.1, 0.15) is 21.7 Å². The van der Waals surface area contributed by atoms with E-state index in [1.165, 1.54) is 12.1 Å². The second-order valence-corrected chi connectivity index (χ2v) is 8.82. The first kappa shape index (κ1) is 24.6. The summed E-state index contributed by atoms with van der Waals surface area (Å²) < 4.78 is 44.2. The van der Waals surface area contributed by atoms with Crippen LogP contribution in [-0.4, -0.2) is 42.0 Å². The van der Waals surface area contributed by atoms with E-state index in [0.717, 1.165) is 56.4 Å². The highest BCUT2D eigenvalue weighted by Gasteiger charge is 2.30. The Bertz CT molecular complexity index is 1330. The van der Waals surface area contributed by atoms with Gasteiger partial charge in [0.1, 0.15) is 11.6 Å². The lowest BCUT2D eigenvalue weighted by Gasteiger charge is -2.35. The van der Waals surface area contributed by atoms with Gasteiger partial charge in [0.25, 0.3) is 5.91 Å². The van der Waals surface area contributed by atoms with Crippen molar-refractivity contribution in [3.63, 3.8) is 0 Å². The molecule has 1 amide bonds. The van der Waals surface area contributed by atoms with E-state index in [4.69, 9.17) is 4.42 Å². The Balaban J connectivity index is 1.22. The molecule has 0 unspecified atom stereocenters. The molecule has 2 aromatic carbocycles. The molecular weight excluding hydrogens is 481 g/mol. The number of anilines is 2. The van der Waals surface area contributed by atoms with Gasteiger partial charge in [-0.05, 0) is 53.6 Å². The third-order valence-corrected chi connectivity index (χ3v) is 6.36. The lowest BCUT2D eigenvalue weighted by atomic mass is 9.98. The summed E-state index contributed by atoms with van der Waals surface area (Å²) in [5.41, 5.74) is 1.24. The van der Waals surface area contributed by atoms with E-state index in [-0.39, 0.29) is 5.91 Å². The first-order chi connectivity index (χ1) is 17.9. The van der Waals surface area contributed by atoms with E-state index in [1.54, 1.807) is 42.8 Å². The van der Waals surface area contributed by atoms with Gasteiger partial charge in [0, 0.05) is 31.7 Å². The molecule has 1 N–H and O–H groups in total. The number of aromatic nitrogens is 1. The Kier molecular flexibility index (Phi) is 6.96. The van der Waals surface area contributed by atoms with Crippen LogP contribution in [0.2, 0.25) is 0 Å². The van der Waals surface area contributed by atoms with Gasteiger partial charge in [0.15, 0.2) is 0 Å². The van der Waals surface area contributed by atoms with Gasteiger partial charge in [-0.1, -0.05) is 30.3 Å². The molecule has 0 radical (unpaired) electrons. The normalized spacial score (nSPS) is 14.5. The molecule has 0 bridgehead atoms. The predicted octanol–water partition coefficient (Wildman–Crippen LogP) is 5.93. The van der Waals surface area contributed by atoms with E-state index < -0.39 is 11.7 Å². The summed E-state index contributed by atoms with van der Waals surface area (Å²) in [5.74, 6) is 1.42. The Morgan fingerprint density at radius 1 is 0.919 bits per heavy atom. The van der Waals surface area contributed by atoms with Crippen LogP contribution in [0.5, 0.6) is 0 Å². The van der Waals surface area contributed by atoms with E-state index >= 15 is 0 Å². The molecule has 1 aliphatic rings. The summed E-state index contributed by atoms with van der Waals surface area (Å²) in [6.45, 7) is 4.23. The number of hydrogen-bond acceptors (Lipinski definition) is 5. The van der Waals surface area contributed by atoms with Crippen LogP contribution >= 0.6 is 0 Å². The Morgan fingerprint density at radius 2 is 1.68 bits per heavy atom. The summed E-state index contributed by atoms with van der Waals surface area (Å²) in [6, 6.07) is 19.1. The Labute approximate surface area is 212 Å². The molecule has 190 valence electrons. The summed E-state index contributed by atoms with van der Waals surface area (Å²) in [5, 5.41) is 2.85. The number of pyridine rings is 1. The highest BCUT2D eigenvalue weighted by Crippen LogP contribution is 2.32. The van der Waals surface area contributed by atoms with Crippen molar-refractivity contribution in [1.29, 1.82) is 0 Å². The van der Waals surface area contributed by atoms with Crippen molar-refractivity contribution < 1.29 is 22.4 Å². The standard InChI is InChI=1S/C28H25F3N4O2/c29-28(30,31)21-9-7-20(8-10-21)24-5-1-2-6-25(24)27(36)33-22-11-12-26(32-18-22)35-15-13-34(14-16-35)19-23-4-3-17-37-23/h1-12,17-18H,13-16,19H2,(H,33,36). The number of rotatable bonds is 6. The summed E-state index contributed by atoms with van der Waals surface area (Å²) in [6.07, 6.45) is -1.12. The number of alkyl halides is 3. The van der Waals surface area contributed by atoms with Gasteiger partial charge in [-0.2, -0.15) is 13.2 Å². The number of furan rings is 1. The van der Waals surface area contributed by atoms with Crippen LogP contribution in [0.4, 0.5) is 24.7 Å². The highest BCUT2D eigenvalue weighted by molar-refractivity contribution is 6.08. The van der Waals surface area contributed by atoms with Crippen LogP contribution in [0.15, 0.2) is 89.7 Å². The second kappa shape index (κ2) is 10.5. The topological polar surface area (TPSA) is 61.6 Å². The van der Waals surface area contributed by atoms with E-state index in [0.29, 0.717) is 22.4 Å². The molecule has 1 saturated heterocycles. The highest BCUT2D eigenvalue weighted by atomic mass is 19.4. The fourth-order valence-corrected chi connectivity index (χ4v) is 4.38. The van der Waals surface area contributed by atoms with Crippen molar-refractivity contribution in [2.24, 2.45) is 0 Å². The minimum absolute atomic E-state index is 0.360. The molecule has 6 nitrogen and oxygen atoms in total. The molecule has 9 heteroatoms. The fraction of sp³-hybridized carbons (Fsp3) is 0.214. The van der Waals surface area contributed by atoms with Crippen molar-refractivity contribution >= 4 is 17.4 Å². The van der Waals surface area contributed by atoms with Gasteiger partial charge in [0.05, 0.1) is 30.3 Å². The zero-order chi connectivity index (χ0) is 25.8. The van der Waals surface area contributed by atoms with Crippen molar-refractivity contribution in [2.45, 2.75) is 12.7 Å². The maximum Gasteiger partial charge on any atom is 0.416 e. The van der Waals surface area contributed by atoms with Crippen molar-refractivity contribution in [1.82, 2.24) is 9.88 Å². The molecule has 1 aliphatic heterocycles. The first-order valence-electron chi connectivity index (χ1n) is 11.9. The molecule has 5 rings (SSSR count). The molecule has 2 aromatic heterocycles. The number of halogens is 3. The maximum absolute atomic E-state index is 13.0. The van der Waals surface area contributed by atoms with Gasteiger partial charge < -0.3 is 14.6 Å². The maximum atomic E-state index is 13.0. The third-order valence-electron chi connectivity index (χ3n) is 6.36. The summed E-state index contributed by atoms with van der Waals surface area (Å²) >= 11 is 0. The SMILES string of the molecule is O=C(Nc1ccc(N2CCN(Cc3ccco3)CC2)nc1)c1ccccc1-c1ccc(C(F)(F)F)cc1. The molecule has 0 aliphatic carbocycles. The molecule has 37 heavy (non-hydrogen) atoms. The van der Waals surface area contributed by atoms with E-state index in [1.807, 2.05) is 18.2 Å². The number of nitrogens with zero attached hydrogens (tertiary/aromatic N) is 3. The number of amides is 1. The third kappa shape index (κ3) is 5.83. The largest absolute Gasteiger partial charge is 0.468 e. The predicted molar refractivity (Wildman–Crippen MR) is 135 cm³/mol. The van der Waals surface area contributed by atoms with Gasteiger partial charge in [0.2, 0.25) is 0 Å². The molecule has 3 heterocycles. The average molecular weight is 507 g/mol. The molecule has 0 saturated carbocycles. The quantitative estimate of drug-likeness (QED) is 0.351. The molecular formula is C28H25F3N4O2. The smallest absolute Gasteiger partial charge is 0.416 e. The average Bonchev–Trinajstić information content (AvgIpc) is 3.42. The molecule has 0 spiro atoms. The fourth-order valence-electron chi connectivity index (χ4n) is 4.38. The number of carbonyl (C=O) groups excluding carboxylic acids is 1. The van der Waals surface area contributed by atoms with Gasteiger partial charge in [-0.25, -0.2) is 4.98 Å². The van der Waals surface area contributed by atoms with Gasteiger partial charge in [-0.3, -0.25) is 9.69 Å².